The summed E-state index contributed by atoms with van der Waals surface area (Å²) in [6, 6.07) is 6.86. The zero-order valence-electron chi connectivity index (χ0n) is 14.7. The summed E-state index contributed by atoms with van der Waals surface area (Å²) in [5, 5.41) is 33.5. The number of aliphatic hydroxyl groups excluding tert-OH is 3. The molecule has 10 heteroatoms. The minimum Gasteiger partial charge on any atom is -0.394 e. The van der Waals surface area contributed by atoms with Crippen molar-refractivity contribution in [1.29, 1.82) is 0 Å². The molecule has 27 heavy (non-hydrogen) atoms. The molecule has 5 unspecified atom stereocenters. The smallest absolute Gasteiger partial charge is 0.348 e. The van der Waals surface area contributed by atoms with Gasteiger partial charge in [-0.1, -0.05) is 19.1 Å². The van der Waals surface area contributed by atoms with Gasteiger partial charge in [0, 0.05) is 5.92 Å². The molecule has 2 heterocycles. The third-order valence-electron chi connectivity index (χ3n) is 4.74. The SMILES string of the molecule is CC1C(OCCc2ccc(-n3c(=O)[nH][nH]c3=O)cc2)OC(CO)C(O)C1O. The number of hydrogen-bond donors (Lipinski definition) is 5. The molecular formula is C17H23N3O7. The number of nitrogens with zero attached hydrogens (tertiary/aromatic N) is 1. The summed E-state index contributed by atoms with van der Waals surface area (Å²) in [5.74, 6) is -0.447. The van der Waals surface area contributed by atoms with E-state index in [9.17, 15) is 24.9 Å². The maximum atomic E-state index is 11.6. The van der Waals surface area contributed by atoms with Crippen molar-refractivity contribution in [3.8, 4) is 5.69 Å². The van der Waals surface area contributed by atoms with Gasteiger partial charge >= 0.3 is 11.4 Å². The van der Waals surface area contributed by atoms with Crippen LogP contribution < -0.4 is 11.4 Å². The first-order valence-electron chi connectivity index (χ1n) is 8.65. The zero-order valence-corrected chi connectivity index (χ0v) is 14.7. The molecule has 0 saturated carbocycles. The van der Waals surface area contributed by atoms with Crippen LogP contribution in [0.25, 0.3) is 5.69 Å². The molecule has 1 aromatic heterocycles. The van der Waals surface area contributed by atoms with Crippen molar-refractivity contribution >= 4 is 0 Å². The molecule has 0 radical (unpaired) electrons. The molecule has 1 saturated heterocycles. The third-order valence-corrected chi connectivity index (χ3v) is 4.74. The van der Waals surface area contributed by atoms with Crippen molar-refractivity contribution in [2.45, 2.75) is 37.9 Å². The molecule has 1 aliphatic rings. The second kappa shape index (κ2) is 8.19. The maximum absolute atomic E-state index is 11.6. The molecule has 1 fully saturated rings. The molecule has 5 atom stereocenters. The van der Waals surface area contributed by atoms with E-state index in [0.29, 0.717) is 18.7 Å². The van der Waals surface area contributed by atoms with Gasteiger partial charge in [0.25, 0.3) is 0 Å². The molecule has 1 aromatic carbocycles. The fourth-order valence-corrected chi connectivity index (χ4v) is 3.06. The fraction of sp³-hybridized carbons (Fsp3) is 0.529. The highest BCUT2D eigenvalue weighted by molar-refractivity contribution is 5.34. The monoisotopic (exact) mass is 381 g/mol. The van der Waals surface area contributed by atoms with Gasteiger partial charge in [0.2, 0.25) is 0 Å². The van der Waals surface area contributed by atoms with Crippen LogP contribution in [-0.4, -0.2) is 67.9 Å². The van der Waals surface area contributed by atoms with E-state index in [2.05, 4.69) is 10.2 Å². The Balaban J connectivity index is 1.58. The number of nitrogens with one attached hydrogen (secondary N) is 2. The molecule has 0 bridgehead atoms. The highest BCUT2D eigenvalue weighted by Gasteiger charge is 2.42. The quantitative estimate of drug-likeness (QED) is 0.408. The Bertz CT molecular complexity index is 827. The van der Waals surface area contributed by atoms with Crippen molar-refractivity contribution in [2.75, 3.05) is 13.2 Å². The average Bonchev–Trinajstić information content (AvgIpc) is 3.00. The van der Waals surface area contributed by atoms with Crippen LogP contribution in [0, 0.1) is 5.92 Å². The number of benzene rings is 1. The molecule has 10 nitrogen and oxygen atoms in total. The van der Waals surface area contributed by atoms with E-state index < -0.39 is 48.5 Å². The molecular weight excluding hydrogens is 358 g/mol. The second-order valence-corrected chi connectivity index (χ2v) is 6.55. The van der Waals surface area contributed by atoms with E-state index in [0.717, 1.165) is 10.1 Å². The number of H-pyrrole nitrogens is 2. The van der Waals surface area contributed by atoms with Crippen LogP contribution in [0.15, 0.2) is 33.9 Å². The van der Waals surface area contributed by atoms with Crippen LogP contribution in [0.3, 0.4) is 0 Å². The van der Waals surface area contributed by atoms with Gasteiger partial charge in [-0.15, -0.1) is 0 Å². The topological polar surface area (TPSA) is 150 Å². The van der Waals surface area contributed by atoms with Gasteiger partial charge in [-0.2, -0.15) is 0 Å². The predicted molar refractivity (Wildman–Crippen MR) is 93.6 cm³/mol. The lowest BCUT2D eigenvalue weighted by Crippen LogP contribution is -2.55. The first-order valence-corrected chi connectivity index (χ1v) is 8.65. The van der Waals surface area contributed by atoms with Gasteiger partial charge in [-0.3, -0.25) is 0 Å². The first-order chi connectivity index (χ1) is 12.9. The van der Waals surface area contributed by atoms with Crippen molar-refractivity contribution in [2.24, 2.45) is 5.92 Å². The number of hydrogen-bond acceptors (Lipinski definition) is 7. The summed E-state index contributed by atoms with van der Waals surface area (Å²) < 4.78 is 12.2. The molecule has 0 spiro atoms. The first kappa shape index (κ1) is 19.5. The van der Waals surface area contributed by atoms with Crippen molar-refractivity contribution < 1.29 is 24.8 Å². The van der Waals surface area contributed by atoms with Crippen LogP contribution in [0.2, 0.25) is 0 Å². The van der Waals surface area contributed by atoms with Crippen molar-refractivity contribution in [3.05, 3.63) is 50.8 Å². The van der Waals surface area contributed by atoms with Gasteiger partial charge in [0.1, 0.15) is 12.2 Å². The second-order valence-electron chi connectivity index (χ2n) is 6.55. The van der Waals surface area contributed by atoms with Crippen molar-refractivity contribution in [3.63, 3.8) is 0 Å². The van der Waals surface area contributed by atoms with Gasteiger partial charge in [0.15, 0.2) is 6.29 Å². The van der Waals surface area contributed by atoms with Crippen LogP contribution in [0.1, 0.15) is 12.5 Å². The summed E-state index contributed by atoms with van der Waals surface area (Å²) in [5.41, 5.74) is 0.276. The van der Waals surface area contributed by atoms with Gasteiger partial charge < -0.3 is 24.8 Å². The minimum absolute atomic E-state index is 0.292. The lowest BCUT2D eigenvalue weighted by molar-refractivity contribution is -0.282. The minimum atomic E-state index is -1.16. The van der Waals surface area contributed by atoms with Crippen molar-refractivity contribution in [1.82, 2.24) is 14.8 Å². The van der Waals surface area contributed by atoms with Crippen LogP contribution in [0.4, 0.5) is 0 Å². The predicted octanol–water partition coefficient (Wildman–Crippen LogP) is -1.51. The van der Waals surface area contributed by atoms with E-state index in [4.69, 9.17) is 9.47 Å². The average molecular weight is 381 g/mol. The molecule has 3 rings (SSSR count). The molecule has 1 aliphatic heterocycles. The van der Waals surface area contributed by atoms with Crippen LogP contribution >= 0.6 is 0 Å². The summed E-state index contributed by atoms with van der Waals surface area (Å²) in [4.78, 5) is 23.2. The molecule has 148 valence electrons. The maximum Gasteiger partial charge on any atom is 0.348 e. The fourth-order valence-electron chi connectivity index (χ4n) is 3.06. The van der Waals surface area contributed by atoms with Gasteiger partial charge in [-0.25, -0.2) is 24.4 Å². The molecule has 0 amide bonds. The van der Waals surface area contributed by atoms with Gasteiger partial charge in [-0.05, 0) is 24.1 Å². The number of aliphatic hydroxyl groups is 3. The normalized spacial score (nSPS) is 28.4. The van der Waals surface area contributed by atoms with E-state index in [1.54, 1.807) is 31.2 Å². The Morgan fingerprint density at radius 2 is 1.74 bits per heavy atom. The number of ether oxygens (including phenoxy) is 2. The van der Waals surface area contributed by atoms with E-state index in [1.165, 1.54) is 0 Å². The summed E-state index contributed by atoms with van der Waals surface area (Å²) >= 11 is 0. The number of rotatable bonds is 6. The Kier molecular flexibility index (Phi) is 5.92. The highest BCUT2D eigenvalue weighted by atomic mass is 16.7. The lowest BCUT2D eigenvalue weighted by atomic mass is 9.92. The Morgan fingerprint density at radius 3 is 2.33 bits per heavy atom. The summed E-state index contributed by atoms with van der Waals surface area (Å²) in [7, 11) is 0. The van der Waals surface area contributed by atoms with Crippen LogP contribution in [-0.2, 0) is 15.9 Å². The Morgan fingerprint density at radius 1 is 1.11 bits per heavy atom. The molecule has 5 N–H and O–H groups in total. The number of aromatic amines is 2. The number of aromatic nitrogens is 3. The van der Waals surface area contributed by atoms with E-state index in [-0.39, 0.29) is 0 Å². The Labute approximate surface area is 154 Å². The van der Waals surface area contributed by atoms with Crippen LogP contribution in [0.5, 0.6) is 0 Å². The zero-order chi connectivity index (χ0) is 19.6. The lowest BCUT2D eigenvalue weighted by Gasteiger charge is -2.40. The standard InChI is InChI=1S/C17H23N3O7/c1-9-13(22)14(23)12(8-21)27-15(9)26-7-6-10-2-4-11(5-3-10)20-16(24)18-19-17(20)25/h2-5,9,12-15,21-23H,6-8H2,1H3,(H,18,24)(H,19,25). The molecule has 0 aliphatic carbocycles. The largest absolute Gasteiger partial charge is 0.394 e. The highest BCUT2D eigenvalue weighted by Crippen LogP contribution is 2.26. The summed E-state index contributed by atoms with van der Waals surface area (Å²) in [6.45, 7) is 1.58. The molecule has 2 aromatic rings. The third kappa shape index (κ3) is 4.04. The van der Waals surface area contributed by atoms with E-state index in [1.807, 2.05) is 0 Å². The van der Waals surface area contributed by atoms with Gasteiger partial charge in [0.05, 0.1) is 25.0 Å². The van der Waals surface area contributed by atoms with E-state index >= 15 is 0 Å². The summed E-state index contributed by atoms with van der Waals surface area (Å²) in [6.07, 6.45) is -3.29. The Hall–Kier alpha value is -2.24.